The predicted octanol–water partition coefficient (Wildman–Crippen LogP) is 1.30. The van der Waals surface area contributed by atoms with Crippen LogP contribution >= 0.6 is 27.5 Å². The standard InChI is InChI=1S/C8H6BrClFN3O3S/c9-5-2-12-8(10)13-7(5)14-3-4(1-6(14)15)18(11,16)17/h2,4H,1,3H2. The lowest BCUT2D eigenvalue weighted by atomic mass is 10.4. The largest absolute Gasteiger partial charge is 0.307 e. The van der Waals surface area contributed by atoms with Crippen molar-refractivity contribution in [2.24, 2.45) is 0 Å². The summed E-state index contributed by atoms with van der Waals surface area (Å²) in [6, 6.07) is 0. The van der Waals surface area contributed by atoms with E-state index in [-0.39, 0.29) is 17.6 Å². The van der Waals surface area contributed by atoms with Crippen LogP contribution in [0.4, 0.5) is 9.70 Å². The van der Waals surface area contributed by atoms with Gasteiger partial charge >= 0.3 is 10.2 Å². The molecule has 2 rings (SSSR count). The smallest absolute Gasteiger partial charge is 0.294 e. The second-order valence-corrected chi connectivity index (χ2v) is 6.43. The Morgan fingerprint density at radius 2 is 2.22 bits per heavy atom. The molecule has 1 aliphatic rings. The third-order valence-electron chi connectivity index (χ3n) is 2.44. The molecule has 10 heteroatoms. The number of hydrogen-bond donors (Lipinski definition) is 0. The highest BCUT2D eigenvalue weighted by Crippen LogP contribution is 2.30. The molecule has 0 aromatic carbocycles. The molecule has 98 valence electrons. The van der Waals surface area contributed by atoms with E-state index in [4.69, 9.17) is 11.6 Å². The lowest BCUT2D eigenvalue weighted by molar-refractivity contribution is -0.117. The molecular weight excluding hydrogens is 353 g/mol. The summed E-state index contributed by atoms with van der Waals surface area (Å²) in [5, 5.41) is -1.46. The monoisotopic (exact) mass is 357 g/mol. The van der Waals surface area contributed by atoms with Crippen molar-refractivity contribution in [1.82, 2.24) is 9.97 Å². The molecule has 0 radical (unpaired) electrons. The van der Waals surface area contributed by atoms with Gasteiger partial charge in [0.15, 0.2) is 5.82 Å². The van der Waals surface area contributed by atoms with E-state index in [9.17, 15) is 17.1 Å². The Morgan fingerprint density at radius 1 is 1.56 bits per heavy atom. The Bertz CT molecular complexity index is 612. The Morgan fingerprint density at radius 3 is 2.78 bits per heavy atom. The molecule has 1 amide bonds. The minimum Gasteiger partial charge on any atom is -0.294 e. The van der Waals surface area contributed by atoms with Crippen LogP contribution in [-0.4, -0.2) is 36.1 Å². The number of anilines is 1. The number of hydrogen-bond acceptors (Lipinski definition) is 5. The van der Waals surface area contributed by atoms with Gasteiger partial charge in [-0.3, -0.25) is 9.69 Å². The number of rotatable bonds is 2. The summed E-state index contributed by atoms with van der Waals surface area (Å²) >= 11 is 8.71. The third-order valence-corrected chi connectivity index (χ3v) is 4.29. The molecule has 1 aliphatic heterocycles. The van der Waals surface area contributed by atoms with Gasteiger partial charge in [0.1, 0.15) is 5.25 Å². The van der Waals surface area contributed by atoms with E-state index in [1.807, 2.05) is 0 Å². The normalized spacial score (nSPS) is 20.5. The molecule has 2 heterocycles. The first-order chi connectivity index (χ1) is 8.29. The van der Waals surface area contributed by atoms with Crippen LogP contribution in [0.15, 0.2) is 10.7 Å². The first kappa shape index (κ1) is 13.6. The van der Waals surface area contributed by atoms with E-state index in [0.29, 0.717) is 4.47 Å². The summed E-state index contributed by atoms with van der Waals surface area (Å²) in [4.78, 5) is 20.2. The van der Waals surface area contributed by atoms with E-state index in [1.54, 1.807) is 0 Å². The summed E-state index contributed by atoms with van der Waals surface area (Å²) in [6.45, 7) is -0.288. The van der Waals surface area contributed by atoms with Crippen LogP contribution in [0.25, 0.3) is 0 Å². The fraction of sp³-hybridized carbons (Fsp3) is 0.375. The van der Waals surface area contributed by atoms with Gasteiger partial charge in [0.05, 0.1) is 4.47 Å². The Kier molecular flexibility index (Phi) is 3.56. The second-order valence-electron chi connectivity index (χ2n) is 3.62. The zero-order valence-electron chi connectivity index (χ0n) is 8.68. The van der Waals surface area contributed by atoms with E-state index in [2.05, 4.69) is 25.9 Å². The van der Waals surface area contributed by atoms with Crippen LogP contribution in [0.5, 0.6) is 0 Å². The quantitative estimate of drug-likeness (QED) is 0.588. The van der Waals surface area contributed by atoms with Gasteiger partial charge in [0.25, 0.3) is 0 Å². The van der Waals surface area contributed by atoms with Gasteiger partial charge in [0, 0.05) is 19.2 Å². The fourth-order valence-electron chi connectivity index (χ4n) is 1.59. The predicted molar refractivity (Wildman–Crippen MR) is 65.5 cm³/mol. The van der Waals surface area contributed by atoms with Gasteiger partial charge < -0.3 is 0 Å². The summed E-state index contributed by atoms with van der Waals surface area (Å²) < 4.78 is 34.8. The molecule has 1 aromatic rings. The summed E-state index contributed by atoms with van der Waals surface area (Å²) in [5.41, 5.74) is 0. The highest BCUT2D eigenvalue weighted by atomic mass is 79.9. The van der Waals surface area contributed by atoms with Crippen molar-refractivity contribution in [3.63, 3.8) is 0 Å². The first-order valence-electron chi connectivity index (χ1n) is 4.71. The fourth-order valence-corrected chi connectivity index (χ4v) is 2.80. The Balaban J connectivity index is 2.35. The highest BCUT2D eigenvalue weighted by molar-refractivity contribution is 9.10. The minimum absolute atomic E-state index is 0.0902. The van der Waals surface area contributed by atoms with Gasteiger partial charge in [-0.1, -0.05) is 0 Å². The molecule has 18 heavy (non-hydrogen) atoms. The average molecular weight is 359 g/mol. The maximum Gasteiger partial charge on any atom is 0.307 e. The number of halogens is 3. The van der Waals surface area contributed by atoms with Crippen molar-refractivity contribution >= 4 is 49.5 Å². The molecular formula is C8H6BrClFN3O3S. The molecule has 1 unspecified atom stereocenters. The summed E-state index contributed by atoms with van der Waals surface area (Å²) in [6.07, 6.45) is 0.919. The maximum absolute atomic E-state index is 12.9. The molecule has 0 N–H and O–H groups in total. The first-order valence-corrected chi connectivity index (χ1v) is 7.32. The number of nitrogens with zero attached hydrogens (tertiary/aromatic N) is 3. The van der Waals surface area contributed by atoms with Crippen molar-refractivity contribution in [1.29, 1.82) is 0 Å². The topological polar surface area (TPSA) is 80.2 Å². The van der Waals surface area contributed by atoms with Gasteiger partial charge in [-0.05, 0) is 27.5 Å². The number of amides is 1. The summed E-state index contributed by atoms with van der Waals surface area (Å²) in [5.74, 6) is -0.400. The van der Waals surface area contributed by atoms with E-state index >= 15 is 0 Å². The van der Waals surface area contributed by atoms with Gasteiger partial charge in [-0.2, -0.15) is 13.4 Å². The van der Waals surface area contributed by atoms with Crippen molar-refractivity contribution in [3.8, 4) is 0 Å². The number of aromatic nitrogens is 2. The van der Waals surface area contributed by atoms with E-state index in [0.717, 1.165) is 4.90 Å². The molecule has 6 nitrogen and oxygen atoms in total. The van der Waals surface area contributed by atoms with Crippen molar-refractivity contribution < 1.29 is 17.1 Å². The minimum atomic E-state index is -4.75. The van der Waals surface area contributed by atoms with Gasteiger partial charge in [0.2, 0.25) is 11.2 Å². The van der Waals surface area contributed by atoms with Crippen molar-refractivity contribution in [3.05, 3.63) is 16.0 Å². The van der Waals surface area contributed by atoms with Crippen LogP contribution in [0.3, 0.4) is 0 Å². The maximum atomic E-state index is 12.9. The molecule has 1 saturated heterocycles. The highest BCUT2D eigenvalue weighted by Gasteiger charge is 2.40. The lowest BCUT2D eigenvalue weighted by Gasteiger charge is -2.16. The van der Waals surface area contributed by atoms with Crippen LogP contribution in [0, 0.1) is 0 Å². The molecule has 0 aliphatic carbocycles. The SMILES string of the molecule is O=C1CC(S(=O)(=O)F)CN1c1nc(Cl)ncc1Br. The van der Waals surface area contributed by atoms with Crippen molar-refractivity contribution in [2.45, 2.75) is 11.7 Å². The van der Waals surface area contributed by atoms with Crippen LogP contribution in [0.2, 0.25) is 5.28 Å². The molecule has 0 bridgehead atoms. The zero-order chi connectivity index (χ0) is 13.5. The van der Waals surface area contributed by atoms with E-state index in [1.165, 1.54) is 6.20 Å². The second kappa shape index (κ2) is 4.71. The molecule has 0 spiro atoms. The Labute approximate surface area is 116 Å². The van der Waals surface area contributed by atoms with Gasteiger partial charge in [-0.25, -0.2) is 4.98 Å². The molecule has 1 atom stereocenters. The summed E-state index contributed by atoms with van der Waals surface area (Å²) in [7, 11) is -4.75. The average Bonchev–Trinajstić information content (AvgIpc) is 2.64. The third kappa shape index (κ3) is 2.62. The molecule has 0 saturated carbocycles. The Hall–Kier alpha value is -0.800. The molecule has 1 aromatic heterocycles. The van der Waals surface area contributed by atoms with Crippen molar-refractivity contribution in [2.75, 3.05) is 11.4 Å². The van der Waals surface area contributed by atoms with Crippen LogP contribution in [-0.2, 0) is 15.0 Å². The van der Waals surface area contributed by atoms with E-state index < -0.39 is 27.8 Å². The lowest BCUT2D eigenvalue weighted by Crippen LogP contribution is -2.28. The molecule has 1 fully saturated rings. The van der Waals surface area contributed by atoms with Gasteiger partial charge in [-0.15, -0.1) is 3.89 Å². The van der Waals surface area contributed by atoms with Crippen LogP contribution < -0.4 is 4.90 Å². The number of carbonyl (C=O) groups excluding carboxylic acids is 1. The zero-order valence-corrected chi connectivity index (χ0v) is 11.8. The number of carbonyl (C=O) groups is 1. The van der Waals surface area contributed by atoms with Crippen LogP contribution in [0.1, 0.15) is 6.42 Å².